The first kappa shape index (κ1) is 20.7. The lowest BCUT2D eigenvalue weighted by Crippen LogP contribution is -1.97. The standard InChI is InChI=1S/C25H18ClFO4/c1-14-20(19-7-5-16(27)11-22(19)21(14)13-25(29)30)10-15-3-2-4-17(9-15)31-18-6-8-23(26)24(28)12-18/h2-12,28H,13H2,1H3,(H,29,30)/b20-10-. The Kier molecular flexibility index (Phi) is 5.53. The molecule has 2 N–H and O–H groups in total. The number of allylic oxidation sites excluding steroid dienone is 2. The fraction of sp³-hybridized carbons (Fsp3) is 0.0800. The van der Waals surface area contributed by atoms with E-state index >= 15 is 0 Å². The summed E-state index contributed by atoms with van der Waals surface area (Å²) in [5, 5.41) is 19.3. The number of carbonyl (C=O) groups is 1. The van der Waals surface area contributed by atoms with Crippen LogP contribution < -0.4 is 4.74 Å². The number of phenolic OH excluding ortho intramolecular Hbond substituents is 1. The van der Waals surface area contributed by atoms with Crippen LogP contribution in [0.25, 0.3) is 17.2 Å². The molecule has 6 heteroatoms. The lowest BCUT2D eigenvalue weighted by Gasteiger charge is -2.09. The maximum Gasteiger partial charge on any atom is 0.307 e. The van der Waals surface area contributed by atoms with Gasteiger partial charge in [0.15, 0.2) is 0 Å². The van der Waals surface area contributed by atoms with Gasteiger partial charge in [0.1, 0.15) is 23.1 Å². The van der Waals surface area contributed by atoms with E-state index in [1.54, 1.807) is 24.3 Å². The van der Waals surface area contributed by atoms with Gasteiger partial charge in [-0.05, 0) is 82.8 Å². The number of hydrogen-bond acceptors (Lipinski definition) is 3. The number of ether oxygens (including phenoxy) is 1. The van der Waals surface area contributed by atoms with Crippen molar-refractivity contribution < 1.29 is 24.1 Å². The molecule has 0 radical (unpaired) electrons. The number of carboxylic acids is 1. The highest BCUT2D eigenvalue weighted by atomic mass is 35.5. The number of benzene rings is 3. The molecule has 4 nitrogen and oxygen atoms in total. The van der Waals surface area contributed by atoms with Gasteiger partial charge in [0.2, 0.25) is 0 Å². The largest absolute Gasteiger partial charge is 0.506 e. The molecule has 1 aliphatic carbocycles. The second-order valence-electron chi connectivity index (χ2n) is 7.21. The molecule has 3 aromatic carbocycles. The average molecular weight is 437 g/mol. The predicted molar refractivity (Wildman–Crippen MR) is 119 cm³/mol. The van der Waals surface area contributed by atoms with Crippen LogP contribution in [0.1, 0.15) is 30.0 Å². The number of phenols is 1. The quantitative estimate of drug-likeness (QED) is 0.462. The smallest absolute Gasteiger partial charge is 0.307 e. The van der Waals surface area contributed by atoms with E-state index in [1.807, 2.05) is 31.2 Å². The summed E-state index contributed by atoms with van der Waals surface area (Å²) in [6.07, 6.45) is 1.75. The molecular weight excluding hydrogens is 419 g/mol. The van der Waals surface area contributed by atoms with Crippen molar-refractivity contribution in [2.45, 2.75) is 13.3 Å². The van der Waals surface area contributed by atoms with Crippen LogP contribution in [-0.2, 0) is 4.79 Å². The van der Waals surface area contributed by atoms with Crippen molar-refractivity contribution in [3.05, 3.63) is 93.8 Å². The molecular formula is C25H18ClFO4. The molecule has 156 valence electrons. The number of fused-ring (bicyclic) bond motifs is 1. The van der Waals surface area contributed by atoms with Crippen LogP contribution in [0.5, 0.6) is 17.2 Å². The molecule has 0 fully saturated rings. The Morgan fingerprint density at radius 1 is 1.06 bits per heavy atom. The molecule has 0 aromatic heterocycles. The van der Waals surface area contributed by atoms with Gasteiger partial charge < -0.3 is 14.9 Å². The summed E-state index contributed by atoms with van der Waals surface area (Å²) in [5.41, 5.74) is 4.48. The van der Waals surface area contributed by atoms with Crippen molar-refractivity contribution in [1.82, 2.24) is 0 Å². The summed E-state index contributed by atoms with van der Waals surface area (Å²) in [4.78, 5) is 11.3. The van der Waals surface area contributed by atoms with Gasteiger partial charge in [-0.3, -0.25) is 4.79 Å². The van der Waals surface area contributed by atoms with E-state index in [0.717, 1.165) is 22.3 Å². The monoisotopic (exact) mass is 436 g/mol. The highest BCUT2D eigenvalue weighted by molar-refractivity contribution is 6.32. The molecule has 1 aliphatic rings. The van der Waals surface area contributed by atoms with Crippen molar-refractivity contribution in [1.29, 1.82) is 0 Å². The molecule has 0 aliphatic heterocycles. The van der Waals surface area contributed by atoms with E-state index in [-0.39, 0.29) is 17.2 Å². The fourth-order valence-electron chi connectivity index (χ4n) is 3.66. The number of carboxylic acid groups (broad SMARTS) is 1. The molecule has 0 heterocycles. The second kappa shape index (κ2) is 8.28. The first-order valence-electron chi connectivity index (χ1n) is 9.52. The summed E-state index contributed by atoms with van der Waals surface area (Å²) in [7, 11) is 0. The minimum atomic E-state index is -0.965. The Morgan fingerprint density at radius 2 is 1.84 bits per heavy atom. The van der Waals surface area contributed by atoms with Crippen LogP contribution in [0.3, 0.4) is 0 Å². The number of aliphatic carboxylic acids is 1. The molecule has 0 atom stereocenters. The Hall–Kier alpha value is -3.57. The topological polar surface area (TPSA) is 66.8 Å². The van der Waals surface area contributed by atoms with Crippen LogP contribution in [0, 0.1) is 5.82 Å². The summed E-state index contributed by atoms with van der Waals surface area (Å²) in [6.45, 7) is 1.85. The second-order valence-corrected chi connectivity index (χ2v) is 7.62. The van der Waals surface area contributed by atoms with Gasteiger partial charge in [0.25, 0.3) is 0 Å². The van der Waals surface area contributed by atoms with Crippen LogP contribution in [0.15, 0.2) is 66.2 Å². The van der Waals surface area contributed by atoms with E-state index in [4.69, 9.17) is 16.3 Å². The number of hydrogen-bond donors (Lipinski definition) is 2. The summed E-state index contributed by atoms with van der Waals surface area (Å²) in [5.74, 6) is -0.447. The fourth-order valence-corrected chi connectivity index (χ4v) is 3.78. The first-order valence-corrected chi connectivity index (χ1v) is 9.90. The maximum absolute atomic E-state index is 13.8. The third-order valence-corrected chi connectivity index (χ3v) is 5.42. The number of rotatable bonds is 5. The average Bonchev–Trinajstić information content (AvgIpc) is 2.96. The lowest BCUT2D eigenvalue weighted by atomic mass is 10.0. The van der Waals surface area contributed by atoms with Crippen molar-refractivity contribution >= 4 is 34.8 Å². The van der Waals surface area contributed by atoms with Crippen molar-refractivity contribution in [2.24, 2.45) is 0 Å². The van der Waals surface area contributed by atoms with E-state index < -0.39 is 11.8 Å². The van der Waals surface area contributed by atoms with Crippen LogP contribution in [0.2, 0.25) is 5.02 Å². The highest BCUT2D eigenvalue weighted by Crippen LogP contribution is 2.44. The normalized spacial score (nSPS) is 14.1. The zero-order chi connectivity index (χ0) is 22.1. The molecule has 0 saturated heterocycles. The van der Waals surface area contributed by atoms with Crippen molar-refractivity contribution in [2.75, 3.05) is 0 Å². The summed E-state index contributed by atoms with van der Waals surface area (Å²) in [6, 6.07) is 16.4. The molecule has 31 heavy (non-hydrogen) atoms. The Bertz CT molecular complexity index is 1260. The molecule has 0 bridgehead atoms. The first-order chi connectivity index (χ1) is 14.8. The molecule has 4 rings (SSSR count). The highest BCUT2D eigenvalue weighted by Gasteiger charge is 2.25. The van der Waals surface area contributed by atoms with Gasteiger partial charge in [-0.2, -0.15) is 0 Å². The van der Waals surface area contributed by atoms with Gasteiger partial charge in [0, 0.05) is 6.07 Å². The zero-order valence-corrected chi connectivity index (χ0v) is 17.3. The number of aromatic hydroxyl groups is 1. The molecule has 0 amide bonds. The van der Waals surface area contributed by atoms with Crippen LogP contribution in [0.4, 0.5) is 4.39 Å². The van der Waals surface area contributed by atoms with E-state index in [9.17, 15) is 19.4 Å². The van der Waals surface area contributed by atoms with Gasteiger partial charge in [0.05, 0.1) is 11.4 Å². The third-order valence-electron chi connectivity index (χ3n) is 5.10. The minimum Gasteiger partial charge on any atom is -0.506 e. The molecule has 0 spiro atoms. The van der Waals surface area contributed by atoms with Crippen LogP contribution in [-0.4, -0.2) is 16.2 Å². The van der Waals surface area contributed by atoms with E-state index in [0.29, 0.717) is 22.6 Å². The van der Waals surface area contributed by atoms with Crippen LogP contribution >= 0.6 is 11.6 Å². The van der Waals surface area contributed by atoms with Gasteiger partial charge in [-0.15, -0.1) is 0 Å². The molecule has 3 aromatic rings. The summed E-state index contributed by atoms with van der Waals surface area (Å²) >= 11 is 5.83. The maximum atomic E-state index is 13.8. The van der Waals surface area contributed by atoms with Gasteiger partial charge in [-0.1, -0.05) is 29.8 Å². The number of halogens is 2. The van der Waals surface area contributed by atoms with Crippen molar-refractivity contribution in [3.8, 4) is 17.2 Å². The Balaban J connectivity index is 1.71. The lowest BCUT2D eigenvalue weighted by molar-refractivity contribution is -0.135. The van der Waals surface area contributed by atoms with E-state index in [2.05, 4.69) is 0 Å². The third kappa shape index (κ3) is 4.32. The summed E-state index contributed by atoms with van der Waals surface area (Å²) < 4.78 is 19.7. The predicted octanol–water partition coefficient (Wildman–Crippen LogP) is 6.78. The van der Waals surface area contributed by atoms with Gasteiger partial charge in [-0.25, -0.2) is 4.39 Å². The van der Waals surface area contributed by atoms with E-state index in [1.165, 1.54) is 18.2 Å². The zero-order valence-electron chi connectivity index (χ0n) is 16.5. The van der Waals surface area contributed by atoms with Crippen molar-refractivity contribution in [3.63, 3.8) is 0 Å². The minimum absolute atomic E-state index is 0.0704. The molecule has 0 saturated carbocycles. The molecule has 0 unspecified atom stereocenters. The Morgan fingerprint density at radius 3 is 2.58 bits per heavy atom. The van der Waals surface area contributed by atoms with Gasteiger partial charge >= 0.3 is 5.97 Å². The SMILES string of the molecule is CC1=C(CC(=O)O)c2cc(F)ccc2/C1=C\c1cccc(Oc2ccc(Cl)c(O)c2)c1. The Labute approximate surface area is 183 Å².